The summed E-state index contributed by atoms with van der Waals surface area (Å²) < 4.78 is 62.9. The lowest BCUT2D eigenvalue weighted by Crippen LogP contribution is -2.47. The lowest BCUT2D eigenvalue weighted by atomic mass is 9.98. The third-order valence-electron chi connectivity index (χ3n) is 4.29. The zero-order valence-corrected chi connectivity index (χ0v) is 16.1. The lowest BCUT2D eigenvalue weighted by molar-refractivity contribution is -0.0496. The molecule has 0 aliphatic carbocycles. The Hall–Kier alpha value is -1.82. The number of aliphatic imine (C=N–C) groups is 1. The van der Waals surface area contributed by atoms with E-state index in [4.69, 9.17) is 0 Å². The fourth-order valence-corrected chi connectivity index (χ4v) is 3.79. The van der Waals surface area contributed by atoms with Crippen molar-refractivity contribution >= 4 is 16.0 Å². The molecule has 8 nitrogen and oxygen atoms in total. The number of alkyl halides is 3. The average Bonchev–Trinajstić information content (AvgIpc) is 3.02. The highest BCUT2D eigenvalue weighted by Crippen LogP contribution is 2.30. The number of sulfonamides is 1. The Kier molecular flexibility index (Phi) is 7.09. The highest BCUT2D eigenvalue weighted by molar-refractivity contribution is 7.90. The number of aromatic nitrogens is 2. The molecule has 0 saturated carbocycles. The number of aryl methyl sites for hydroxylation is 1. The van der Waals surface area contributed by atoms with Crippen molar-refractivity contribution in [2.45, 2.75) is 31.8 Å². The van der Waals surface area contributed by atoms with Gasteiger partial charge in [0.2, 0.25) is 0 Å². The van der Waals surface area contributed by atoms with Crippen LogP contribution in [-0.2, 0) is 23.6 Å². The van der Waals surface area contributed by atoms with Crippen LogP contribution < -0.4 is 10.6 Å². The molecular formula is C15H25F3N6O2S. The zero-order chi connectivity index (χ0) is 20.1. The van der Waals surface area contributed by atoms with Gasteiger partial charge in [0, 0.05) is 45.0 Å². The van der Waals surface area contributed by atoms with E-state index in [2.05, 4.69) is 20.7 Å². The summed E-state index contributed by atoms with van der Waals surface area (Å²) in [6.07, 6.45) is 4.32. The number of halogens is 3. The minimum absolute atomic E-state index is 0.0759. The highest BCUT2D eigenvalue weighted by Gasteiger charge is 2.50. The van der Waals surface area contributed by atoms with Gasteiger partial charge >= 0.3 is 15.5 Å². The van der Waals surface area contributed by atoms with Gasteiger partial charge in [-0.1, -0.05) is 0 Å². The molecule has 0 amide bonds. The summed E-state index contributed by atoms with van der Waals surface area (Å²) in [5.41, 5.74) is -4.28. The first-order valence-corrected chi connectivity index (χ1v) is 10.1. The normalized spacial score (nSPS) is 17.9. The van der Waals surface area contributed by atoms with Crippen molar-refractivity contribution in [3.63, 3.8) is 0 Å². The van der Waals surface area contributed by atoms with Crippen LogP contribution in [0.1, 0.15) is 25.3 Å². The quantitative estimate of drug-likeness (QED) is 0.540. The summed E-state index contributed by atoms with van der Waals surface area (Å²) >= 11 is 0. The molecule has 2 N–H and O–H groups in total. The second-order valence-corrected chi connectivity index (χ2v) is 8.32. The van der Waals surface area contributed by atoms with Gasteiger partial charge in [-0.3, -0.25) is 4.68 Å². The maximum Gasteiger partial charge on any atom is 0.511 e. The van der Waals surface area contributed by atoms with E-state index in [9.17, 15) is 21.6 Å². The van der Waals surface area contributed by atoms with Crippen molar-refractivity contribution in [1.29, 1.82) is 0 Å². The van der Waals surface area contributed by atoms with E-state index in [1.54, 1.807) is 10.9 Å². The van der Waals surface area contributed by atoms with Gasteiger partial charge < -0.3 is 10.6 Å². The maximum atomic E-state index is 12.6. The van der Waals surface area contributed by atoms with Gasteiger partial charge in [-0.05, 0) is 25.7 Å². The van der Waals surface area contributed by atoms with E-state index in [0.29, 0.717) is 42.7 Å². The number of guanidine groups is 1. The van der Waals surface area contributed by atoms with Crippen molar-refractivity contribution in [1.82, 2.24) is 24.7 Å². The molecule has 0 bridgehead atoms. The standard InChI is InChI=1S/C15H25F3N6O2S/c1-3-19-14(21-9-13-10-22-23(2)11-13)20-8-12-4-6-24(7-5-12)27(25,26)15(16,17)18/h10-12H,3-9H2,1-2H3,(H2,19,20,21). The molecule has 2 rings (SSSR count). The summed E-state index contributed by atoms with van der Waals surface area (Å²) in [6.45, 7) is 3.31. The van der Waals surface area contributed by atoms with E-state index in [0.717, 1.165) is 5.56 Å². The molecule has 1 aliphatic heterocycles. The number of nitrogens with one attached hydrogen (secondary N) is 2. The minimum Gasteiger partial charge on any atom is -0.357 e. The Morgan fingerprint density at radius 3 is 2.52 bits per heavy atom. The van der Waals surface area contributed by atoms with Crippen LogP contribution in [0.3, 0.4) is 0 Å². The molecule has 27 heavy (non-hydrogen) atoms. The van der Waals surface area contributed by atoms with Crippen LogP contribution >= 0.6 is 0 Å². The van der Waals surface area contributed by atoms with Crippen LogP contribution in [0.15, 0.2) is 17.4 Å². The van der Waals surface area contributed by atoms with Crippen LogP contribution in [0.5, 0.6) is 0 Å². The number of rotatable bonds is 6. The molecule has 1 aliphatic rings. The smallest absolute Gasteiger partial charge is 0.357 e. The monoisotopic (exact) mass is 410 g/mol. The first-order valence-electron chi connectivity index (χ1n) is 8.69. The molecule has 0 unspecified atom stereocenters. The topological polar surface area (TPSA) is 91.6 Å². The predicted octanol–water partition coefficient (Wildman–Crippen LogP) is 1.04. The van der Waals surface area contributed by atoms with Gasteiger partial charge in [-0.15, -0.1) is 0 Å². The van der Waals surface area contributed by atoms with Gasteiger partial charge in [0.25, 0.3) is 0 Å². The fourth-order valence-electron chi connectivity index (χ4n) is 2.81. The molecule has 1 aromatic rings. The van der Waals surface area contributed by atoms with Crippen LogP contribution in [0.25, 0.3) is 0 Å². The molecule has 1 fully saturated rings. The van der Waals surface area contributed by atoms with Crippen LogP contribution in [-0.4, -0.2) is 60.2 Å². The molecule has 0 atom stereocenters. The zero-order valence-electron chi connectivity index (χ0n) is 15.3. The number of nitrogens with zero attached hydrogens (tertiary/aromatic N) is 4. The molecule has 0 spiro atoms. The van der Waals surface area contributed by atoms with Gasteiger partial charge in [-0.25, -0.2) is 13.4 Å². The van der Waals surface area contributed by atoms with E-state index in [-0.39, 0.29) is 19.0 Å². The summed E-state index contributed by atoms with van der Waals surface area (Å²) in [4.78, 5) is 4.45. The van der Waals surface area contributed by atoms with Gasteiger partial charge in [-0.2, -0.15) is 22.6 Å². The first-order chi connectivity index (χ1) is 12.6. The van der Waals surface area contributed by atoms with Crippen molar-refractivity contribution in [3.8, 4) is 0 Å². The third-order valence-corrected chi connectivity index (χ3v) is 5.92. The van der Waals surface area contributed by atoms with Crippen LogP contribution in [0.4, 0.5) is 13.2 Å². The van der Waals surface area contributed by atoms with Crippen molar-refractivity contribution in [2.75, 3.05) is 26.2 Å². The Morgan fingerprint density at radius 2 is 2.00 bits per heavy atom. The highest BCUT2D eigenvalue weighted by atomic mass is 32.2. The van der Waals surface area contributed by atoms with E-state index >= 15 is 0 Å². The molecule has 154 valence electrons. The largest absolute Gasteiger partial charge is 0.511 e. The summed E-state index contributed by atoms with van der Waals surface area (Å²) in [5.74, 6) is 0.679. The Balaban J connectivity index is 1.84. The van der Waals surface area contributed by atoms with Crippen molar-refractivity contribution in [3.05, 3.63) is 18.0 Å². The van der Waals surface area contributed by atoms with Crippen LogP contribution in [0.2, 0.25) is 0 Å². The second kappa shape index (κ2) is 8.91. The fraction of sp³-hybridized carbons (Fsp3) is 0.733. The maximum absolute atomic E-state index is 12.6. The Bertz CT molecular complexity index is 739. The van der Waals surface area contributed by atoms with E-state index < -0.39 is 15.5 Å². The summed E-state index contributed by atoms with van der Waals surface area (Å²) in [5, 5.41) is 10.4. The molecule has 1 saturated heterocycles. The van der Waals surface area contributed by atoms with Gasteiger partial charge in [0.05, 0.1) is 12.7 Å². The number of hydrogen-bond acceptors (Lipinski definition) is 4. The SMILES string of the molecule is CCNC(=NCc1cnn(C)c1)NCC1CCN(S(=O)(=O)C(F)(F)F)CC1. The summed E-state index contributed by atoms with van der Waals surface area (Å²) in [6, 6.07) is 0. The molecule has 1 aromatic heterocycles. The molecule has 2 heterocycles. The first kappa shape index (κ1) is 21.5. The van der Waals surface area contributed by atoms with Gasteiger partial charge in [0.15, 0.2) is 5.96 Å². The molecule has 0 aromatic carbocycles. The molecule has 0 radical (unpaired) electrons. The Morgan fingerprint density at radius 1 is 1.33 bits per heavy atom. The Labute approximate surface area is 156 Å². The number of hydrogen-bond donors (Lipinski definition) is 2. The molecule has 12 heteroatoms. The predicted molar refractivity (Wildman–Crippen MR) is 95.3 cm³/mol. The van der Waals surface area contributed by atoms with E-state index in [1.807, 2.05) is 20.2 Å². The molecular weight excluding hydrogens is 385 g/mol. The minimum atomic E-state index is -5.24. The average molecular weight is 410 g/mol. The lowest BCUT2D eigenvalue weighted by Gasteiger charge is -2.31. The van der Waals surface area contributed by atoms with Crippen molar-refractivity contribution < 1.29 is 21.6 Å². The third kappa shape index (κ3) is 5.83. The van der Waals surface area contributed by atoms with Crippen LogP contribution in [0, 0.1) is 5.92 Å². The van der Waals surface area contributed by atoms with Crippen molar-refractivity contribution in [2.24, 2.45) is 18.0 Å². The van der Waals surface area contributed by atoms with E-state index in [1.165, 1.54) is 0 Å². The second-order valence-electron chi connectivity index (χ2n) is 6.39. The van der Waals surface area contributed by atoms with Gasteiger partial charge in [0.1, 0.15) is 0 Å². The summed E-state index contributed by atoms with van der Waals surface area (Å²) in [7, 11) is -3.41. The number of piperidine rings is 1.